The second kappa shape index (κ2) is 5.49. The predicted molar refractivity (Wildman–Crippen MR) is 63.2 cm³/mol. The SMILES string of the molecule is CCc1[nH]c(C)nc1/C=C\CC(C)C(=O)O. The minimum absolute atomic E-state index is 0.346. The maximum Gasteiger partial charge on any atom is 0.306 e. The fourth-order valence-electron chi connectivity index (χ4n) is 1.45. The number of hydrogen-bond donors (Lipinski definition) is 2. The van der Waals surface area contributed by atoms with Gasteiger partial charge in [-0.05, 0) is 25.8 Å². The number of aliphatic carboxylic acids is 1. The third-order valence-corrected chi connectivity index (χ3v) is 2.47. The van der Waals surface area contributed by atoms with Gasteiger partial charge in [-0.1, -0.05) is 19.9 Å². The number of H-pyrrole nitrogens is 1. The number of carboxylic acid groups (broad SMARTS) is 1. The molecule has 2 N–H and O–H groups in total. The lowest BCUT2D eigenvalue weighted by Gasteiger charge is -1.99. The lowest BCUT2D eigenvalue weighted by atomic mass is 10.1. The van der Waals surface area contributed by atoms with E-state index in [2.05, 4.69) is 16.9 Å². The van der Waals surface area contributed by atoms with Crippen molar-refractivity contribution in [2.75, 3.05) is 0 Å². The molecule has 4 heteroatoms. The van der Waals surface area contributed by atoms with Gasteiger partial charge in [-0.25, -0.2) is 4.98 Å². The molecular formula is C12H18N2O2. The molecule has 0 spiro atoms. The van der Waals surface area contributed by atoms with E-state index in [1.54, 1.807) is 6.92 Å². The number of carboxylic acids is 1. The van der Waals surface area contributed by atoms with E-state index in [1.807, 2.05) is 19.1 Å². The van der Waals surface area contributed by atoms with Crippen LogP contribution in [0.4, 0.5) is 0 Å². The van der Waals surface area contributed by atoms with E-state index in [0.29, 0.717) is 6.42 Å². The maximum atomic E-state index is 10.6. The van der Waals surface area contributed by atoms with Crippen molar-refractivity contribution in [1.82, 2.24) is 9.97 Å². The fraction of sp³-hybridized carbons (Fsp3) is 0.500. The molecule has 0 amide bonds. The zero-order chi connectivity index (χ0) is 12.1. The van der Waals surface area contributed by atoms with Crippen LogP contribution in [0.2, 0.25) is 0 Å². The molecule has 0 fully saturated rings. The monoisotopic (exact) mass is 222 g/mol. The standard InChI is InChI=1S/C12H18N2O2/c1-4-10-11(14-9(3)13-10)7-5-6-8(2)12(15)16/h5,7-8H,4,6H2,1-3H3,(H,13,14)(H,15,16)/b7-5-. The summed E-state index contributed by atoms with van der Waals surface area (Å²) >= 11 is 0. The Bertz CT molecular complexity index is 394. The molecule has 0 aliphatic rings. The van der Waals surface area contributed by atoms with Crippen molar-refractivity contribution in [3.8, 4) is 0 Å². The fourth-order valence-corrected chi connectivity index (χ4v) is 1.45. The zero-order valence-electron chi connectivity index (χ0n) is 9.95. The molecule has 0 bridgehead atoms. The third kappa shape index (κ3) is 3.22. The summed E-state index contributed by atoms with van der Waals surface area (Å²) in [6.07, 6.45) is 5.19. The van der Waals surface area contributed by atoms with Crippen LogP contribution in [-0.2, 0) is 11.2 Å². The first-order chi connectivity index (χ1) is 7.54. The second-order valence-electron chi connectivity index (χ2n) is 3.92. The van der Waals surface area contributed by atoms with Crippen molar-refractivity contribution in [1.29, 1.82) is 0 Å². The van der Waals surface area contributed by atoms with E-state index in [-0.39, 0.29) is 5.92 Å². The summed E-state index contributed by atoms with van der Waals surface area (Å²) in [6, 6.07) is 0. The first kappa shape index (κ1) is 12.5. The van der Waals surface area contributed by atoms with Crippen molar-refractivity contribution in [2.45, 2.75) is 33.6 Å². The van der Waals surface area contributed by atoms with Gasteiger partial charge in [0.1, 0.15) is 5.82 Å². The van der Waals surface area contributed by atoms with Crippen LogP contribution in [0.15, 0.2) is 6.08 Å². The summed E-state index contributed by atoms with van der Waals surface area (Å²) in [5.41, 5.74) is 2.01. The van der Waals surface area contributed by atoms with Crippen LogP contribution < -0.4 is 0 Å². The summed E-state index contributed by atoms with van der Waals surface area (Å²) < 4.78 is 0. The van der Waals surface area contributed by atoms with Crippen LogP contribution in [0, 0.1) is 12.8 Å². The average molecular weight is 222 g/mol. The summed E-state index contributed by atoms with van der Waals surface area (Å²) in [5.74, 6) is -0.220. The van der Waals surface area contributed by atoms with Gasteiger partial charge in [0.2, 0.25) is 0 Å². The van der Waals surface area contributed by atoms with E-state index >= 15 is 0 Å². The topological polar surface area (TPSA) is 66.0 Å². The number of rotatable bonds is 5. The van der Waals surface area contributed by atoms with Crippen LogP contribution in [0.1, 0.15) is 37.5 Å². The minimum atomic E-state index is -0.765. The summed E-state index contributed by atoms with van der Waals surface area (Å²) in [5, 5.41) is 8.73. The summed E-state index contributed by atoms with van der Waals surface area (Å²) in [7, 11) is 0. The summed E-state index contributed by atoms with van der Waals surface area (Å²) in [4.78, 5) is 18.1. The molecule has 0 aliphatic heterocycles. The van der Waals surface area contributed by atoms with E-state index in [4.69, 9.17) is 5.11 Å². The van der Waals surface area contributed by atoms with E-state index < -0.39 is 5.97 Å². The Morgan fingerprint density at radius 2 is 2.31 bits per heavy atom. The number of carbonyl (C=O) groups is 1. The number of imidazole rings is 1. The largest absolute Gasteiger partial charge is 0.481 e. The molecule has 0 radical (unpaired) electrons. The van der Waals surface area contributed by atoms with Crippen LogP contribution in [0.5, 0.6) is 0 Å². The van der Waals surface area contributed by atoms with Gasteiger partial charge in [-0.15, -0.1) is 0 Å². The Labute approximate surface area is 95.4 Å². The highest BCUT2D eigenvalue weighted by molar-refractivity contribution is 5.69. The number of aromatic nitrogens is 2. The van der Waals surface area contributed by atoms with Gasteiger partial charge in [-0.2, -0.15) is 0 Å². The van der Waals surface area contributed by atoms with Gasteiger partial charge in [0, 0.05) is 5.69 Å². The lowest BCUT2D eigenvalue weighted by Crippen LogP contribution is -2.07. The van der Waals surface area contributed by atoms with Gasteiger partial charge in [0.25, 0.3) is 0 Å². The van der Waals surface area contributed by atoms with Crippen LogP contribution in [0.25, 0.3) is 6.08 Å². The highest BCUT2D eigenvalue weighted by Crippen LogP contribution is 2.11. The molecule has 0 saturated carbocycles. The van der Waals surface area contributed by atoms with Gasteiger partial charge in [-0.3, -0.25) is 4.79 Å². The van der Waals surface area contributed by atoms with Crippen molar-refractivity contribution >= 4 is 12.0 Å². The van der Waals surface area contributed by atoms with Crippen LogP contribution in [0.3, 0.4) is 0 Å². The number of aryl methyl sites for hydroxylation is 2. The molecule has 0 saturated heterocycles. The quantitative estimate of drug-likeness (QED) is 0.804. The Kier molecular flexibility index (Phi) is 4.28. The normalized spacial score (nSPS) is 13.2. The van der Waals surface area contributed by atoms with E-state index in [1.165, 1.54) is 0 Å². The van der Waals surface area contributed by atoms with Gasteiger partial charge in [0.05, 0.1) is 11.6 Å². The highest BCUT2D eigenvalue weighted by atomic mass is 16.4. The smallest absolute Gasteiger partial charge is 0.306 e. The number of nitrogens with one attached hydrogen (secondary N) is 1. The molecule has 1 rings (SSSR count). The number of nitrogens with zero attached hydrogens (tertiary/aromatic N) is 1. The van der Waals surface area contributed by atoms with E-state index in [0.717, 1.165) is 23.6 Å². The van der Waals surface area contributed by atoms with Crippen molar-refractivity contribution in [3.63, 3.8) is 0 Å². The molecule has 0 aliphatic carbocycles. The molecule has 1 aromatic heterocycles. The van der Waals surface area contributed by atoms with Crippen molar-refractivity contribution in [3.05, 3.63) is 23.3 Å². The number of allylic oxidation sites excluding steroid dienone is 1. The van der Waals surface area contributed by atoms with E-state index in [9.17, 15) is 4.79 Å². The highest BCUT2D eigenvalue weighted by Gasteiger charge is 2.08. The van der Waals surface area contributed by atoms with Crippen LogP contribution in [-0.4, -0.2) is 21.0 Å². The number of aromatic amines is 1. The molecule has 1 aromatic rings. The third-order valence-electron chi connectivity index (χ3n) is 2.47. The Hall–Kier alpha value is -1.58. The molecule has 1 heterocycles. The first-order valence-corrected chi connectivity index (χ1v) is 5.49. The summed E-state index contributed by atoms with van der Waals surface area (Å²) in [6.45, 7) is 5.67. The number of hydrogen-bond acceptors (Lipinski definition) is 2. The van der Waals surface area contributed by atoms with Gasteiger partial charge in [0.15, 0.2) is 0 Å². The first-order valence-electron chi connectivity index (χ1n) is 5.49. The molecule has 1 unspecified atom stereocenters. The van der Waals surface area contributed by atoms with Crippen molar-refractivity contribution in [2.24, 2.45) is 5.92 Å². The molecular weight excluding hydrogens is 204 g/mol. The lowest BCUT2D eigenvalue weighted by molar-refractivity contribution is -0.140. The minimum Gasteiger partial charge on any atom is -0.481 e. The second-order valence-corrected chi connectivity index (χ2v) is 3.92. The molecule has 0 aromatic carbocycles. The van der Waals surface area contributed by atoms with Gasteiger partial charge < -0.3 is 10.1 Å². The Morgan fingerprint density at radius 1 is 1.62 bits per heavy atom. The Morgan fingerprint density at radius 3 is 2.88 bits per heavy atom. The molecule has 16 heavy (non-hydrogen) atoms. The predicted octanol–water partition coefficient (Wildman–Crippen LogP) is 2.40. The zero-order valence-corrected chi connectivity index (χ0v) is 9.95. The van der Waals surface area contributed by atoms with Crippen molar-refractivity contribution < 1.29 is 9.90 Å². The van der Waals surface area contributed by atoms with Gasteiger partial charge >= 0.3 is 5.97 Å². The van der Waals surface area contributed by atoms with Crippen LogP contribution >= 0.6 is 0 Å². The molecule has 1 atom stereocenters. The average Bonchev–Trinajstić information content (AvgIpc) is 2.58. The molecule has 4 nitrogen and oxygen atoms in total. The molecule has 88 valence electrons. The Balaban J connectivity index is 2.65. The maximum absolute atomic E-state index is 10.6.